The molecule has 0 aromatic rings. The van der Waals surface area contributed by atoms with Crippen molar-refractivity contribution < 1.29 is 8.78 Å². The highest BCUT2D eigenvalue weighted by Crippen LogP contribution is 2.38. The van der Waals surface area contributed by atoms with Crippen LogP contribution in [-0.2, 0) is 0 Å². The first-order chi connectivity index (χ1) is 9.51. The van der Waals surface area contributed by atoms with Crippen molar-refractivity contribution in [3.05, 3.63) is 22.8 Å². The van der Waals surface area contributed by atoms with E-state index in [4.69, 9.17) is 0 Å². The Kier molecular flexibility index (Phi) is 7.47. The summed E-state index contributed by atoms with van der Waals surface area (Å²) >= 11 is 0. The van der Waals surface area contributed by atoms with Gasteiger partial charge in [0.1, 0.15) is 5.83 Å². The first kappa shape index (κ1) is 17.4. The monoisotopic (exact) mass is 284 g/mol. The minimum Gasteiger partial charge on any atom is -0.209 e. The molecule has 0 N–H and O–H groups in total. The van der Waals surface area contributed by atoms with Crippen molar-refractivity contribution in [2.24, 2.45) is 11.8 Å². The van der Waals surface area contributed by atoms with Gasteiger partial charge in [0.15, 0.2) is 5.83 Å². The summed E-state index contributed by atoms with van der Waals surface area (Å²) < 4.78 is 27.3. The molecule has 20 heavy (non-hydrogen) atoms. The van der Waals surface area contributed by atoms with Crippen LogP contribution in [0.2, 0.25) is 0 Å². The second kappa shape index (κ2) is 8.59. The van der Waals surface area contributed by atoms with Crippen LogP contribution < -0.4 is 0 Å². The maximum atomic E-state index is 14.0. The number of allylic oxidation sites excluding steroid dienone is 4. The Morgan fingerprint density at radius 1 is 0.950 bits per heavy atom. The second-order valence-electron chi connectivity index (χ2n) is 6.27. The predicted octanol–water partition coefficient (Wildman–Crippen LogP) is 6.88. The topological polar surface area (TPSA) is 0 Å². The van der Waals surface area contributed by atoms with Crippen LogP contribution in [-0.4, -0.2) is 0 Å². The number of rotatable bonds is 6. The third-order valence-corrected chi connectivity index (χ3v) is 4.70. The van der Waals surface area contributed by atoms with Crippen LogP contribution in [0.5, 0.6) is 0 Å². The summed E-state index contributed by atoms with van der Waals surface area (Å²) in [7, 11) is 0. The quantitative estimate of drug-likeness (QED) is 0.466. The molecule has 0 bridgehead atoms. The molecule has 0 atom stereocenters. The molecule has 0 heterocycles. The fourth-order valence-corrected chi connectivity index (χ4v) is 3.48. The Bertz CT molecular complexity index is 354. The molecule has 1 aliphatic rings. The molecule has 0 unspecified atom stereocenters. The predicted molar refractivity (Wildman–Crippen MR) is 82.9 cm³/mol. The number of hydrogen-bond donors (Lipinski definition) is 0. The molecule has 1 aliphatic carbocycles. The lowest BCUT2D eigenvalue weighted by molar-refractivity contribution is 0.284. The van der Waals surface area contributed by atoms with Gasteiger partial charge in [0.25, 0.3) is 0 Å². The molecule has 1 rings (SSSR count). The largest absolute Gasteiger partial charge is 0.209 e. The average molecular weight is 284 g/mol. The van der Waals surface area contributed by atoms with E-state index in [0.717, 1.165) is 30.8 Å². The third kappa shape index (κ3) is 4.71. The Balaban J connectivity index is 2.81. The maximum absolute atomic E-state index is 14.0. The van der Waals surface area contributed by atoms with E-state index in [1.165, 1.54) is 32.6 Å². The fourth-order valence-electron chi connectivity index (χ4n) is 3.48. The van der Waals surface area contributed by atoms with Gasteiger partial charge in [-0.25, -0.2) is 8.78 Å². The molecule has 0 radical (unpaired) electrons. The molecule has 0 nitrogen and oxygen atoms in total. The number of halogens is 2. The number of hydrogen-bond acceptors (Lipinski definition) is 0. The van der Waals surface area contributed by atoms with Crippen molar-refractivity contribution in [3.8, 4) is 0 Å². The Morgan fingerprint density at radius 2 is 1.55 bits per heavy atom. The smallest absolute Gasteiger partial charge is 0.157 e. The highest BCUT2D eigenvalue weighted by Gasteiger charge is 2.24. The van der Waals surface area contributed by atoms with Gasteiger partial charge in [0, 0.05) is 0 Å². The van der Waals surface area contributed by atoms with Gasteiger partial charge >= 0.3 is 0 Å². The maximum Gasteiger partial charge on any atom is 0.157 e. The van der Waals surface area contributed by atoms with Crippen LogP contribution in [0.4, 0.5) is 8.78 Å². The molecule has 0 spiro atoms. The van der Waals surface area contributed by atoms with Crippen molar-refractivity contribution >= 4 is 0 Å². The van der Waals surface area contributed by atoms with Crippen LogP contribution >= 0.6 is 0 Å². The lowest BCUT2D eigenvalue weighted by Crippen LogP contribution is -2.16. The van der Waals surface area contributed by atoms with E-state index >= 15 is 0 Å². The highest BCUT2D eigenvalue weighted by atomic mass is 19.2. The first-order valence-corrected chi connectivity index (χ1v) is 8.23. The van der Waals surface area contributed by atoms with Gasteiger partial charge in [-0.1, -0.05) is 38.7 Å². The molecular formula is C18H30F2. The summed E-state index contributed by atoms with van der Waals surface area (Å²) in [4.78, 5) is 0. The molecule has 1 saturated carbocycles. The van der Waals surface area contributed by atoms with Gasteiger partial charge in [-0.15, -0.1) is 0 Å². The van der Waals surface area contributed by atoms with Gasteiger partial charge in [-0.2, -0.15) is 0 Å². The summed E-state index contributed by atoms with van der Waals surface area (Å²) in [6.07, 6.45) is 8.85. The molecule has 0 aliphatic heterocycles. The summed E-state index contributed by atoms with van der Waals surface area (Å²) in [5, 5.41) is 0. The van der Waals surface area contributed by atoms with Gasteiger partial charge in [-0.3, -0.25) is 0 Å². The van der Waals surface area contributed by atoms with Crippen LogP contribution in [0.3, 0.4) is 0 Å². The molecule has 1 fully saturated rings. The molecule has 2 heteroatoms. The van der Waals surface area contributed by atoms with E-state index in [9.17, 15) is 8.78 Å². The van der Waals surface area contributed by atoms with Crippen molar-refractivity contribution in [3.63, 3.8) is 0 Å². The Labute approximate surface area is 123 Å². The minimum absolute atomic E-state index is 0.453. The van der Waals surface area contributed by atoms with E-state index in [-0.39, 0.29) is 0 Å². The molecule has 0 amide bonds. The SMILES string of the molecule is CCCC(/C(F)=C(\C)F)=C(/C)C1CCC(CCC)CC1. The van der Waals surface area contributed by atoms with Crippen LogP contribution in [0.1, 0.15) is 79.1 Å². The van der Waals surface area contributed by atoms with E-state index in [2.05, 4.69) is 6.92 Å². The van der Waals surface area contributed by atoms with Crippen molar-refractivity contribution in [2.75, 3.05) is 0 Å². The van der Waals surface area contributed by atoms with Crippen LogP contribution in [0.25, 0.3) is 0 Å². The lowest BCUT2D eigenvalue weighted by atomic mass is 9.76. The normalized spacial score (nSPS) is 26.1. The van der Waals surface area contributed by atoms with Gasteiger partial charge in [0.05, 0.1) is 0 Å². The van der Waals surface area contributed by atoms with Crippen molar-refractivity contribution in [2.45, 2.75) is 79.1 Å². The molecule has 0 aromatic heterocycles. The molecular weight excluding hydrogens is 254 g/mol. The van der Waals surface area contributed by atoms with Gasteiger partial charge < -0.3 is 0 Å². The van der Waals surface area contributed by atoms with E-state index < -0.39 is 11.7 Å². The molecule has 0 aromatic carbocycles. The standard InChI is InChI=1S/C18H30F2/c1-5-7-15-9-11-16(12-10-15)13(3)17(8-6-2)18(20)14(4)19/h15-16H,5-12H2,1-4H3/b17-13+,18-14-. The van der Waals surface area contributed by atoms with Crippen LogP contribution in [0.15, 0.2) is 22.8 Å². The highest BCUT2D eigenvalue weighted by molar-refractivity contribution is 5.32. The van der Waals surface area contributed by atoms with Crippen molar-refractivity contribution in [1.29, 1.82) is 0 Å². The van der Waals surface area contributed by atoms with Gasteiger partial charge in [-0.05, 0) is 63.4 Å². The van der Waals surface area contributed by atoms with E-state index in [0.29, 0.717) is 17.9 Å². The first-order valence-electron chi connectivity index (χ1n) is 8.23. The molecule has 116 valence electrons. The van der Waals surface area contributed by atoms with Gasteiger partial charge in [0.2, 0.25) is 0 Å². The van der Waals surface area contributed by atoms with Crippen LogP contribution in [0, 0.1) is 11.8 Å². The average Bonchev–Trinajstić information content (AvgIpc) is 2.44. The second-order valence-corrected chi connectivity index (χ2v) is 6.27. The lowest BCUT2D eigenvalue weighted by Gasteiger charge is -2.30. The zero-order valence-electron chi connectivity index (χ0n) is 13.6. The zero-order chi connectivity index (χ0) is 15.1. The van der Waals surface area contributed by atoms with E-state index in [1.807, 2.05) is 13.8 Å². The Morgan fingerprint density at radius 3 is 2.00 bits per heavy atom. The third-order valence-electron chi connectivity index (χ3n) is 4.70. The summed E-state index contributed by atoms with van der Waals surface area (Å²) in [5.74, 6) is 0.0178. The fraction of sp³-hybridized carbons (Fsp3) is 0.778. The van der Waals surface area contributed by atoms with E-state index in [1.54, 1.807) is 0 Å². The summed E-state index contributed by atoms with van der Waals surface area (Å²) in [6, 6.07) is 0. The minimum atomic E-state index is -0.674. The zero-order valence-corrected chi connectivity index (χ0v) is 13.6. The Hall–Kier alpha value is -0.660. The van der Waals surface area contributed by atoms with Crippen molar-refractivity contribution in [1.82, 2.24) is 0 Å². The molecule has 0 saturated heterocycles. The summed E-state index contributed by atoms with van der Waals surface area (Å²) in [5.41, 5.74) is 1.72. The summed E-state index contributed by atoms with van der Waals surface area (Å²) in [6.45, 7) is 7.49.